The van der Waals surface area contributed by atoms with E-state index in [0.29, 0.717) is 24.2 Å². The summed E-state index contributed by atoms with van der Waals surface area (Å²) in [5, 5.41) is 4.18. The summed E-state index contributed by atoms with van der Waals surface area (Å²) in [5.41, 5.74) is 3.09. The van der Waals surface area contributed by atoms with E-state index in [1.807, 2.05) is 30.3 Å². The summed E-state index contributed by atoms with van der Waals surface area (Å²) < 4.78 is 42.4. The van der Waals surface area contributed by atoms with Crippen LogP contribution in [0.1, 0.15) is 12.0 Å². The second kappa shape index (κ2) is 7.48. The summed E-state index contributed by atoms with van der Waals surface area (Å²) in [6.45, 7) is 0.479. The van der Waals surface area contributed by atoms with Crippen LogP contribution in [0, 0.1) is 5.82 Å². The van der Waals surface area contributed by atoms with Gasteiger partial charge in [-0.15, -0.1) is 0 Å². The topological polar surface area (TPSA) is 68.3 Å². The molecule has 5 nitrogen and oxygen atoms in total. The van der Waals surface area contributed by atoms with Crippen molar-refractivity contribution in [2.45, 2.75) is 19.0 Å². The average molecular weight is 400 g/mol. The van der Waals surface area contributed by atoms with E-state index < -0.39 is 9.84 Å². The largest absolute Gasteiger partial charge is 0.497 e. The third kappa shape index (κ3) is 4.00. The number of sulfone groups is 1. The number of rotatable bonds is 5. The highest BCUT2D eigenvalue weighted by Crippen LogP contribution is 2.29. The second-order valence-electron chi connectivity index (χ2n) is 7.05. The Morgan fingerprint density at radius 1 is 1.21 bits per heavy atom. The van der Waals surface area contributed by atoms with Gasteiger partial charge in [0, 0.05) is 29.6 Å². The van der Waals surface area contributed by atoms with Gasteiger partial charge in [0.15, 0.2) is 9.84 Å². The van der Waals surface area contributed by atoms with Crippen LogP contribution in [0.15, 0.2) is 48.5 Å². The van der Waals surface area contributed by atoms with Crippen LogP contribution in [-0.2, 0) is 16.4 Å². The van der Waals surface area contributed by atoms with Crippen LogP contribution < -0.4 is 10.1 Å². The van der Waals surface area contributed by atoms with Gasteiger partial charge < -0.3 is 10.1 Å². The van der Waals surface area contributed by atoms with E-state index >= 15 is 0 Å². The highest BCUT2D eigenvalue weighted by atomic mass is 32.2. The molecule has 0 radical (unpaired) electrons. The maximum Gasteiger partial charge on any atom is 0.151 e. The van der Waals surface area contributed by atoms with Crippen molar-refractivity contribution < 1.29 is 17.5 Å². The molecule has 4 rings (SSSR count). The van der Waals surface area contributed by atoms with E-state index in [2.05, 4.69) is 5.32 Å². The fourth-order valence-electron chi connectivity index (χ4n) is 3.55. The molecule has 0 spiro atoms. The smallest absolute Gasteiger partial charge is 0.151 e. The minimum Gasteiger partial charge on any atom is -0.497 e. The predicted octanol–water partition coefficient (Wildman–Crippen LogP) is 3.33. The van der Waals surface area contributed by atoms with Crippen LogP contribution in [-0.4, -0.2) is 38.1 Å². The Morgan fingerprint density at radius 2 is 2.07 bits per heavy atom. The molecule has 2 aromatic carbocycles. The Bertz CT molecular complexity index is 1130. The van der Waals surface area contributed by atoms with Gasteiger partial charge in [-0.2, -0.15) is 0 Å². The highest BCUT2D eigenvalue weighted by molar-refractivity contribution is 7.91. The summed E-state index contributed by atoms with van der Waals surface area (Å²) in [4.78, 5) is 4.70. The monoisotopic (exact) mass is 400 g/mol. The van der Waals surface area contributed by atoms with Crippen molar-refractivity contribution in [3.8, 4) is 17.0 Å². The van der Waals surface area contributed by atoms with Gasteiger partial charge in [-0.05, 0) is 42.3 Å². The number of aromatic nitrogens is 1. The molecule has 0 unspecified atom stereocenters. The second-order valence-corrected chi connectivity index (χ2v) is 9.27. The molecule has 0 amide bonds. The number of fused-ring (bicyclic) bond motifs is 1. The van der Waals surface area contributed by atoms with Gasteiger partial charge in [-0.25, -0.2) is 17.8 Å². The zero-order chi connectivity index (χ0) is 19.7. The van der Waals surface area contributed by atoms with E-state index in [1.165, 1.54) is 12.1 Å². The van der Waals surface area contributed by atoms with Gasteiger partial charge in [0.25, 0.3) is 0 Å². The number of halogens is 1. The molecular weight excluding hydrogens is 379 g/mol. The van der Waals surface area contributed by atoms with Crippen molar-refractivity contribution in [2.75, 3.05) is 18.6 Å². The maximum absolute atomic E-state index is 13.7. The molecule has 28 heavy (non-hydrogen) atoms. The van der Waals surface area contributed by atoms with Crippen LogP contribution in [0.3, 0.4) is 0 Å². The van der Waals surface area contributed by atoms with Crippen molar-refractivity contribution in [1.29, 1.82) is 0 Å². The number of pyridine rings is 1. The summed E-state index contributed by atoms with van der Waals surface area (Å²) in [6.07, 6.45) is 0.614. The molecule has 1 atom stereocenters. The lowest BCUT2D eigenvalue weighted by Gasteiger charge is -2.15. The molecule has 0 bridgehead atoms. The summed E-state index contributed by atoms with van der Waals surface area (Å²) in [5.74, 6) is 0.758. The normalized spacial score (nSPS) is 18.4. The molecule has 1 aromatic heterocycles. The van der Waals surface area contributed by atoms with Crippen LogP contribution in [0.5, 0.6) is 5.75 Å². The number of methoxy groups -OCH3 is 1. The van der Waals surface area contributed by atoms with Crippen LogP contribution in [0.2, 0.25) is 0 Å². The quantitative estimate of drug-likeness (QED) is 0.712. The highest BCUT2D eigenvalue weighted by Gasteiger charge is 2.27. The van der Waals surface area contributed by atoms with Gasteiger partial charge in [0.1, 0.15) is 11.6 Å². The number of benzene rings is 2. The minimum absolute atomic E-state index is 0.0629. The fraction of sp³-hybridized carbons (Fsp3) is 0.286. The Hall–Kier alpha value is -2.51. The summed E-state index contributed by atoms with van der Waals surface area (Å²) in [6, 6.07) is 14.0. The molecule has 1 N–H and O–H groups in total. The Labute approximate surface area is 163 Å². The first kappa shape index (κ1) is 18.8. The van der Waals surface area contributed by atoms with Gasteiger partial charge in [0.05, 0.1) is 29.8 Å². The Morgan fingerprint density at radius 3 is 2.82 bits per heavy atom. The molecule has 1 aliphatic heterocycles. The van der Waals surface area contributed by atoms with Crippen molar-refractivity contribution in [2.24, 2.45) is 0 Å². The van der Waals surface area contributed by atoms with E-state index in [-0.39, 0.29) is 23.4 Å². The van der Waals surface area contributed by atoms with E-state index in [1.54, 1.807) is 13.2 Å². The number of hydrogen-bond acceptors (Lipinski definition) is 5. The Balaban J connectivity index is 1.73. The molecular formula is C21H21FN2O3S. The van der Waals surface area contributed by atoms with Crippen LogP contribution in [0.25, 0.3) is 22.2 Å². The lowest BCUT2D eigenvalue weighted by Crippen LogP contribution is -2.29. The SMILES string of the molecule is COc1cccc(-c2nc3cc(F)ccc3cc2CN[C@H]2CCS(=O)(=O)C2)c1. The standard InChI is InChI=1S/C21H21FN2O3S/c1-27-19-4-2-3-15(10-19)21-16(12-23-18-7-8-28(25,26)13-18)9-14-5-6-17(22)11-20(14)24-21/h2-6,9-11,18,23H,7-8,12-13H2,1H3/t18-/m0/s1. The van der Waals surface area contributed by atoms with Crippen molar-refractivity contribution in [3.05, 3.63) is 59.9 Å². The fourth-order valence-corrected chi connectivity index (χ4v) is 5.26. The number of ether oxygens (including phenoxy) is 1. The molecule has 0 aliphatic carbocycles. The summed E-state index contributed by atoms with van der Waals surface area (Å²) in [7, 11) is -1.34. The third-order valence-electron chi connectivity index (χ3n) is 5.02. The maximum atomic E-state index is 13.7. The van der Waals surface area contributed by atoms with Gasteiger partial charge in [0.2, 0.25) is 0 Å². The molecule has 1 aliphatic rings. The molecule has 7 heteroatoms. The number of nitrogens with zero attached hydrogens (tertiary/aromatic N) is 1. The van der Waals surface area contributed by atoms with Gasteiger partial charge in [-0.3, -0.25) is 0 Å². The van der Waals surface area contributed by atoms with Crippen LogP contribution in [0.4, 0.5) is 4.39 Å². The zero-order valence-electron chi connectivity index (χ0n) is 15.5. The molecule has 2 heterocycles. The lowest BCUT2D eigenvalue weighted by atomic mass is 10.0. The van der Waals surface area contributed by atoms with Crippen molar-refractivity contribution in [1.82, 2.24) is 10.3 Å². The number of nitrogens with one attached hydrogen (secondary N) is 1. The molecule has 3 aromatic rings. The Kier molecular flexibility index (Phi) is 5.03. The summed E-state index contributed by atoms with van der Waals surface area (Å²) >= 11 is 0. The molecule has 1 saturated heterocycles. The molecule has 0 saturated carbocycles. The number of hydrogen-bond donors (Lipinski definition) is 1. The van der Waals surface area contributed by atoms with E-state index in [0.717, 1.165) is 22.2 Å². The first-order chi connectivity index (χ1) is 13.4. The third-order valence-corrected chi connectivity index (χ3v) is 6.78. The average Bonchev–Trinajstić information content (AvgIpc) is 3.04. The lowest BCUT2D eigenvalue weighted by molar-refractivity contribution is 0.415. The van der Waals surface area contributed by atoms with E-state index in [9.17, 15) is 12.8 Å². The van der Waals surface area contributed by atoms with Crippen molar-refractivity contribution >= 4 is 20.7 Å². The predicted molar refractivity (Wildman–Crippen MR) is 108 cm³/mol. The van der Waals surface area contributed by atoms with Crippen molar-refractivity contribution in [3.63, 3.8) is 0 Å². The van der Waals surface area contributed by atoms with Gasteiger partial charge in [-0.1, -0.05) is 12.1 Å². The molecule has 146 valence electrons. The van der Waals surface area contributed by atoms with Crippen LogP contribution >= 0.6 is 0 Å². The minimum atomic E-state index is -2.95. The first-order valence-electron chi connectivity index (χ1n) is 9.11. The van der Waals surface area contributed by atoms with Gasteiger partial charge >= 0.3 is 0 Å². The molecule has 1 fully saturated rings. The first-order valence-corrected chi connectivity index (χ1v) is 10.9. The van der Waals surface area contributed by atoms with E-state index in [4.69, 9.17) is 9.72 Å². The zero-order valence-corrected chi connectivity index (χ0v) is 16.3.